The quantitative estimate of drug-likeness (QED) is 0.606. The average molecular weight is 241 g/mol. The summed E-state index contributed by atoms with van der Waals surface area (Å²) in [7, 11) is 0. The average Bonchev–Trinajstić information content (AvgIpc) is 2.13. The van der Waals surface area contributed by atoms with Gasteiger partial charge in [-0.3, -0.25) is 4.79 Å². The third-order valence-corrected chi connectivity index (χ3v) is 3.00. The highest BCUT2D eigenvalue weighted by atomic mass is 35.5. The lowest BCUT2D eigenvalue weighted by Crippen LogP contribution is -2.23. The molecule has 1 aromatic rings. The molecule has 2 N–H and O–H groups in total. The lowest BCUT2D eigenvalue weighted by molar-refractivity contribution is 0.0858. The van der Waals surface area contributed by atoms with Gasteiger partial charge >= 0.3 is 0 Å². The van der Waals surface area contributed by atoms with Crippen LogP contribution in [0, 0.1) is 19.3 Å². The van der Waals surface area contributed by atoms with Crippen LogP contribution in [0.25, 0.3) is 0 Å². The fraction of sp³-hybridized carbons (Fsp3) is 0.500. The summed E-state index contributed by atoms with van der Waals surface area (Å²) in [5.74, 6) is 0.211. The first kappa shape index (κ1) is 13.0. The van der Waals surface area contributed by atoms with Crippen molar-refractivity contribution >= 4 is 23.2 Å². The molecule has 1 heterocycles. The van der Waals surface area contributed by atoms with Crippen LogP contribution in [0.1, 0.15) is 42.3 Å². The van der Waals surface area contributed by atoms with Gasteiger partial charge in [-0.2, -0.15) is 0 Å². The Morgan fingerprint density at radius 1 is 1.25 bits per heavy atom. The molecule has 0 spiro atoms. The minimum Gasteiger partial charge on any atom is -0.383 e. The number of nitrogen functional groups attached to an aromatic ring is 1. The largest absolute Gasteiger partial charge is 0.383 e. The third-order valence-electron chi connectivity index (χ3n) is 2.63. The van der Waals surface area contributed by atoms with E-state index >= 15 is 0 Å². The van der Waals surface area contributed by atoms with Gasteiger partial charge in [-0.15, -0.1) is 0 Å². The number of Topliss-reactive ketones (excluding diaryl/α,β-unsaturated/α-hetero) is 1. The number of rotatable bonds is 1. The van der Waals surface area contributed by atoms with Crippen molar-refractivity contribution in [3.63, 3.8) is 0 Å². The topological polar surface area (TPSA) is 56.0 Å². The molecule has 1 aromatic heterocycles. The van der Waals surface area contributed by atoms with E-state index < -0.39 is 5.41 Å². The number of nitrogens with zero attached hydrogens (tertiary/aromatic N) is 1. The van der Waals surface area contributed by atoms with Gasteiger partial charge in [0.05, 0.1) is 5.56 Å². The number of ketones is 1. The van der Waals surface area contributed by atoms with Crippen molar-refractivity contribution in [3.8, 4) is 0 Å². The predicted octanol–water partition coefficient (Wildman–Crippen LogP) is 3.16. The lowest BCUT2D eigenvalue weighted by Gasteiger charge is -2.20. The predicted molar refractivity (Wildman–Crippen MR) is 66.9 cm³/mol. The van der Waals surface area contributed by atoms with Crippen molar-refractivity contribution in [2.45, 2.75) is 34.6 Å². The fourth-order valence-corrected chi connectivity index (χ4v) is 1.67. The molecular formula is C12H17ClN2O. The van der Waals surface area contributed by atoms with Crippen LogP contribution in [-0.4, -0.2) is 10.8 Å². The zero-order chi connectivity index (χ0) is 12.7. The molecular weight excluding hydrogens is 224 g/mol. The van der Waals surface area contributed by atoms with E-state index in [2.05, 4.69) is 4.98 Å². The van der Waals surface area contributed by atoms with Crippen molar-refractivity contribution in [2.24, 2.45) is 5.41 Å². The number of aromatic nitrogens is 1. The Hall–Kier alpha value is -1.09. The van der Waals surface area contributed by atoms with Gasteiger partial charge in [-0.1, -0.05) is 32.4 Å². The van der Waals surface area contributed by atoms with Crippen LogP contribution in [0.4, 0.5) is 5.82 Å². The van der Waals surface area contributed by atoms with Crippen molar-refractivity contribution < 1.29 is 4.79 Å². The van der Waals surface area contributed by atoms with Gasteiger partial charge in [-0.05, 0) is 25.0 Å². The highest BCUT2D eigenvalue weighted by molar-refractivity contribution is 6.30. The standard InChI is InChI=1S/C12H17ClN2O/c1-6-7(2)10(13)15-11(14)8(6)9(16)12(3,4)5/h1-5H3,(H2,14,15). The number of hydrogen-bond acceptors (Lipinski definition) is 3. The van der Waals surface area contributed by atoms with Crippen LogP contribution in [0.5, 0.6) is 0 Å². The fourth-order valence-electron chi connectivity index (χ4n) is 1.44. The summed E-state index contributed by atoms with van der Waals surface area (Å²) in [5, 5.41) is 0.362. The monoisotopic (exact) mass is 240 g/mol. The van der Waals surface area contributed by atoms with E-state index in [9.17, 15) is 4.79 Å². The van der Waals surface area contributed by atoms with Gasteiger partial charge in [0.25, 0.3) is 0 Å². The molecule has 16 heavy (non-hydrogen) atoms. The van der Waals surface area contributed by atoms with Crippen molar-refractivity contribution in [1.29, 1.82) is 0 Å². The summed E-state index contributed by atoms with van der Waals surface area (Å²) in [6.45, 7) is 9.26. The van der Waals surface area contributed by atoms with E-state index in [-0.39, 0.29) is 11.6 Å². The zero-order valence-electron chi connectivity index (χ0n) is 10.3. The normalized spacial score (nSPS) is 11.6. The second-order valence-corrected chi connectivity index (χ2v) is 5.35. The lowest BCUT2D eigenvalue weighted by atomic mass is 9.84. The molecule has 4 heteroatoms. The van der Waals surface area contributed by atoms with E-state index in [1.807, 2.05) is 34.6 Å². The molecule has 0 radical (unpaired) electrons. The number of carbonyl (C=O) groups excluding carboxylic acids is 1. The molecule has 0 unspecified atom stereocenters. The molecule has 0 saturated carbocycles. The highest BCUT2D eigenvalue weighted by Crippen LogP contribution is 2.30. The van der Waals surface area contributed by atoms with Crippen molar-refractivity contribution in [1.82, 2.24) is 4.98 Å². The molecule has 0 saturated heterocycles. The summed E-state index contributed by atoms with van der Waals surface area (Å²) in [6.07, 6.45) is 0. The maximum Gasteiger partial charge on any atom is 0.172 e. The molecule has 1 rings (SSSR count). The van der Waals surface area contributed by atoms with E-state index in [0.717, 1.165) is 11.1 Å². The summed E-state index contributed by atoms with van der Waals surface area (Å²) >= 11 is 5.91. The van der Waals surface area contributed by atoms with Gasteiger partial charge in [0.2, 0.25) is 0 Å². The number of carbonyl (C=O) groups is 1. The van der Waals surface area contributed by atoms with Crippen LogP contribution < -0.4 is 5.73 Å². The molecule has 0 aromatic carbocycles. The maximum atomic E-state index is 12.2. The van der Waals surface area contributed by atoms with E-state index in [0.29, 0.717) is 10.7 Å². The van der Waals surface area contributed by atoms with Crippen molar-refractivity contribution in [2.75, 3.05) is 5.73 Å². The van der Waals surface area contributed by atoms with Gasteiger partial charge in [0.1, 0.15) is 11.0 Å². The minimum absolute atomic E-state index is 0.00485. The molecule has 0 aliphatic rings. The van der Waals surface area contributed by atoms with Crippen LogP contribution in [0.3, 0.4) is 0 Å². The first-order valence-electron chi connectivity index (χ1n) is 5.13. The number of nitrogens with two attached hydrogens (primary N) is 1. The Morgan fingerprint density at radius 3 is 2.19 bits per heavy atom. The number of anilines is 1. The van der Waals surface area contributed by atoms with Gasteiger partial charge in [0, 0.05) is 5.41 Å². The summed E-state index contributed by atoms with van der Waals surface area (Å²) in [6, 6.07) is 0. The Balaban J connectivity index is 3.47. The second-order valence-electron chi connectivity index (χ2n) is 4.99. The van der Waals surface area contributed by atoms with Gasteiger partial charge < -0.3 is 5.73 Å². The molecule has 0 bridgehead atoms. The Morgan fingerprint density at radius 2 is 1.75 bits per heavy atom. The maximum absolute atomic E-state index is 12.2. The molecule has 0 aliphatic carbocycles. The summed E-state index contributed by atoms with van der Waals surface area (Å²) < 4.78 is 0. The highest BCUT2D eigenvalue weighted by Gasteiger charge is 2.28. The third kappa shape index (κ3) is 2.19. The van der Waals surface area contributed by atoms with E-state index in [1.54, 1.807) is 0 Å². The number of halogens is 1. The molecule has 0 aliphatic heterocycles. The second kappa shape index (κ2) is 4.06. The summed E-state index contributed by atoms with van der Waals surface area (Å²) in [4.78, 5) is 16.2. The Bertz CT molecular complexity index is 447. The molecule has 88 valence electrons. The Kier molecular flexibility index (Phi) is 3.29. The van der Waals surface area contributed by atoms with Crippen LogP contribution in [-0.2, 0) is 0 Å². The molecule has 3 nitrogen and oxygen atoms in total. The Labute approximate surface area is 101 Å². The van der Waals surface area contributed by atoms with Gasteiger partial charge in [0.15, 0.2) is 5.78 Å². The number of pyridine rings is 1. The number of hydrogen-bond donors (Lipinski definition) is 1. The van der Waals surface area contributed by atoms with Crippen LogP contribution in [0.15, 0.2) is 0 Å². The van der Waals surface area contributed by atoms with E-state index in [4.69, 9.17) is 17.3 Å². The van der Waals surface area contributed by atoms with Gasteiger partial charge in [-0.25, -0.2) is 4.98 Å². The molecule has 0 atom stereocenters. The first-order valence-corrected chi connectivity index (χ1v) is 5.51. The SMILES string of the molecule is Cc1c(Cl)nc(N)c(C(=O)C(C)(C)C)c1C. The molecule has 0 fully saturated rings. The molecule has 0 amide bonds. The first-order chi connectivity index (χ1) is 7.16. The summed E-state index contributed by atoms with van der Waals surface area (Å²) in [5.41, 5.74) is 7.42. The van der Waals surface area contributed by atoms with Crippen molar-refractivity contribution in [3.05, 3.63) is 21.8 Å². The van der Waals surface area contributed by atoms with Crippen LogP contribution >= 0.6 is 11.6 Å². The van der Waals surface area contributed by atoms with E-state index in [1.165, 1.54) is 0 Å². The van der Waals surface area contributed by atoms with Crippen LogP contribution in [0.2, 0.25) is 5.15 Å². The minimum atomic E-state index is -0.471. The zero-order valence-corrected chi connectivity index (χ0v) is 11.1. The smallest absolute Gasteiger partial charge is 0.172 e.